The third-order valence-corrected chi connectivity index (χ3v) is 4.48. The Morgan fingerprint density at radius 2 is 2.26 bits per heavy atom. The Balaban J connectivity index is 2.03. The van der Waals surface area contributed by atoms with E-state index < -0.39 is 0 Å². The summed E-state index contributed by atoms with van der Waals surface area (Å²) in [6.07, 6.45) is 7.41. The van der Waals surface area contributed by atoms with E-state index in [-0.39, 0.29) is 0 Å². The molecule has 0 spiro atoms. The second kappa shape index (κ2) is 6.87. The van der Waals surface area contributed by atoms with Gasteiger partial charge in [0.2, 0.25) is 0 Å². The summed E-state index contributed by atoms with van der Waals surface area (Å²) in [5, 5.41) is 10.1. The van der Waals surface area contributed by atoms with Crippen molar-refractivity contribution in [2.24, 2.45) is 7.05 Å². The lowest BCUT2D eigenvalue weighted by atomic mass is 10.0. The molecule has 2 aromatic heterocycles. The molecule has 2 heterocycles. The second-order valence-electron chi connectivity index (χ2n) is 4.83. The van der Waals surface area contributed by atoms with Crippen molar-refractivity contribution in [3.8, 4) is 0 Å². The number of aryl methyl sites for hydroxylation is 3. The van der Waals surface area contributed by atoms with Gasteiger partial charge in [-0.2, -0.15) is 5.10 Å². The van der Waals surface area contributed by atoms with Gasteiger partial charge in [0.15, 0.2) is 0 Å². The summed E-state index contributed by atoms with van der Waals surface area (Å²) in [7, 11) is 1.97. The molecule has 1 atom stereocenters. The van der Waals surface area contributed by atoms with Gasteiger partial charge in [0.25, 0.3) is 0 Å². The van der Waals surface area contributed by atoms with Crippen molar-refractivity contribution in [1.82, 2.24) is 15.1 Å². The van der Waals surface area contributed by atoms with Gasteiger partial charge < -0.3 is 5.32 Å². The number of hydrogen-bond acceptors (Lipinski definition) is 3. The fourth-order valence-corrected chi connectivity index (χ4v) is 3.54. The van der Waals surface area contributed by atoms with Crippen molar-refractivity contribution in [3.05, 3.63) is 39.8 Å². The standard InChI is InChI=1S/C15H23N3S/c1-4-13-8-9-19-15(13)14(16-5-2)7-6-12-10-17-18(3)11-12/h8-11,14,16H,4-7H2,1-3H3. The largest absolute Gasteiger partial charge is 0.310 e. The molecule has 0 aliphatic carbocycles. The van der Waals surface area contributed by atoms with Gasteiger partial charge in [-0.1, -0.05) is 13.8 Å². The van der Waals surface area contributed by atoms with Crippen LogP contribution in [0, 0.1) is 0 Å². The van der Waals surface area contributed by atoms with E-state index in [0.29, 0.717) is 6.04 Å². The van der Waals surface area contributed by atoms with Crippen LogP contribution in [0.4, 0.5) is 0 Å². The maximum absolute atomic E-state index is 4.24. The Labute approximate surface area is 119 Å². The van der Waals surface area contributed by atoms with Crippen LogP contribution in [0.3, 0.4) is 0 Å². The molecular formula is C15H23N3S. The van der Waals surface area contributed by atoms with Crippen LogP contribution in [-0.4, -0.2) is 16.3 Å². The Morgan fingerprint density at radius 1 is 1.42 bits per heavy atom. The normalized spacial score (nSPS) is 12.8. The Bertz CT molecular complexity index is 501. The highest BCUT2D eigenvalue weighted by Crippen LogP contribution is 2.28. The molecule has 0 aliphatic rings. The first-order valence-electron chi connectivity index (χ1n) is 7.01. The second-order valence-corrected chi connectivity index (χ2v) is 5.78. The number of nitrogens with zero attached hydrogens (tertiary/aromatic N) is 2. The maximum atomic E-state index is 4.24. The molecule has 2 aromatic rings. The highest BCUT2D eigenvalue weighted by molar-refractivity contribution is 7.10. The zero-order valence-corrected chi connectivity index (χ0v) is 12.8. The molecule has 0 saturated heterocycles. The van der Waals surface area contributed by atoms with Crippen molar-refractivity contribution < 1.29 is 0 Å². The first-order chi connectivity index (χ1) is 9.24. The molecule has 1 unspecified atom stereocenters. The van der Waals surface area contributed by atoms with Crippen molar-refractivity contribution in [2.45, 2.75) is 39.2 Å². The van der Waals surface area contributed by atoms with Crippen molar-refractivity contribution in [1.29, 1.82) is 0 Å². The summed E-state index contributed by atoms with van der Waals surface area (Å²) in [5.74, 6) is 0. The van der Waals surface area contributed by atoms with Crippen molar-refractivity contribution >= 4 is 11.3 Å². The van der Waals surface area contributed by atoms with Crippen LogP contribution < -0.4 is 5.32 Å². The lowest BCUT2D eigenvalue weighted by Crippen LogP contribution is -2.21. The molecule has 104 valence electrons. The number of aromatic nitrogens is 2. The van der Waals surface area contributed by atoms with Crippen LogP contribution in [0.25, 0.3) is 0 Å². The van der Waals surface area contributed by atoms with Gasteiger partial charge in [-0.15, -0.1) is 11.3 Å². The Hall–Kier alpha value is -1.13. The molecule has 1 N–H and O–H groups in total. The average molecular weight is 277 g/mol. The molecule has 3 nitrogen and oxygen atoms in total. The molecule has 2 rings (SSSR count). The summed E-state index contributed by atoms with van der Waals surface area (Å²) in [4.78, 5) is 1.51. The first kappa shape index (κ1) is 14.3. The highest BCUT2D eigenvalue weighted by atomic mass is 32.1. The zero-order valence-electron chi connectivity index (χ0n) is 12.0. The van der Waals surface area contributed by atoms with Gasteiger partial charge in [-0.05, 0) is 48.4 Å². The van der Waals surface area contributed by atoms with Gasteiger partial charge in [0, 0.05) is 24.2 Å². The minimum absolute atomic E-state index is 0.472. The molecular weight excluding hydrogens is 254 g/mol. The van der Waals surface area contributed by atoms with Crippen LogP contribution in [-0.2, 0) is 19.9 Å². The molecule has 0 aliphatic heterocycles. The molecule has 19 heavy (non-hydrogen) atoms. The molecule has 0 saturated carbocycles. The third kappa shape index (κ3) is 3.67. The quantitative estimate of drug-likeness (QED) is 0.841. The van der Waals surface area contributed by atoms with E-state index in [1.165, 1.54) is 16.0 Å². The number of thiophene rings is 1. The lowest BCUT2D eigenvalue weighted by molar-refractivity contribution is 0.520. The van der Waals surface area contributed by atoms with Gasteiger partial charge in [0.1, 0.15) is 0 Å². The minimum Gasteiger partial charge on any atom is -0.310 e. The first-order valence-corrected chi connectivity index (χ1v) is 7.89. The van der Waals surface area contributed by atoms with Crippen LogP contribution in [0.1, 0.15) is 42.3 Å². The fourth-order valence-electron chi connectivity index (χ4n) is 2.43. The monoisotopic (exact) mass is 277 g/mol. The fraction of sp³-hybridized carbons (Fsp3) is 0.533. The zero-order chi connectivity index (χ0) is 13.7. The minimum atomic E-state index is 0.472. The third-order valence-electron chi connectivity index (χ3n) is 3.41. The summed E-state index contributed by atoms with van der Waals surface area (Å²) in [5.41, 5.74) is 2.81. The number of nitrogens with one attached hydrogen (secondary N) is 1. The topological polar surface area (TPSA) is 29.9 Å². The molecule has 0 amide bonds. The predicted octanol–water partition coefficient (Wildman–Crippen LogP) is 3.33. The van der Waals surface area contributed by atoms with Crippen LogP contribution in [0.2, 0.25) is 0 Å². The van der Waals surface area contributed by atoms with Crippen LogP contribution >= 0.6 is 11.3 Å². The molecule has 0 fully saturated rings. The van der Waals surface area contributed by atoms with E-state index in [1.807, 2.05) is 29.3 Å². The van der Waals surface area contributed by atoms with Gasteiger partial charge in [-0.25, -0.2) is 0 Å². The van der Waals surface area contributed by atoms with Crippen molar-refractivity contribution in [2.75, 3.05) is 6.54 Å². The van der Waals surface area contributed by atoms with Gasteiger partial charge in [0.05, 0.1) is 6.20 Å². The maximum Gasteiger partial charge on any atom is 0.0521 e. The molecule has 0 radical (unpaired) electrons. The Morgan fingerprint density at radius 3 is 2.89 bits per heavy atom. The van der Waals surface area contributed by atoms with Gasteiger partial charge >= 0.3 is 0 Å². The van der Waals surface area contributed by atoms with E-state index in [1.54, 1.807) is 0 Å². The van der Waals surface area contributed by atoms with Gasteiger partial charge in [-0.3, -0.25) is 4.68 Å². The Kier molecular flexibility index (Phi) is 5.16. The molecule has 0 bridgehead atoms. The van der Waals surface area contributed by atoms with E-state index in [0.717, 1.165) is 25.8 Å². The predicted molar refractivity (Wildman–Crippen MR) is 81.6 cm³/mol. The van der Waals surface area contributed by atoms with E-state index in [9.17, 15) is 0 Å². The number of hydrogen-bond donors (Lipinski definition) is 1. The smallest absolute Gasteiger partial charge is 0.0521 e. The molecule has 0 aromatic carbocycles. The highest BCUT2D eigenvalue weighted by Gasteiger charge is 2.15. The van der Waals surface area contributed by atoms with E-state index in [4.69, 9.17) is 0 Å². The number of rotatable bonds is 7. The van der Waals surface area contributed by atoms with E-state index in [2.05, 4.69) is 41.9 Å². The van der Waals surface area contributed by atoms with E-state index >= 15 is 0 Å². The van der Waals surface area contributed by atoms with Crippen LogP contribution in [0.15, 0.2) is 23.8 Å². The summed E-state index contributed by atoms with van der Waals surface area (Å²) >= 11 is 1.88. The summed E-state index contributed by atoms with van der Waals surface area (Å²) in [6.45, 7) is 5.42. The van der Waals surface area contributed by atoms with Crippen LogP contribution in [0.5, 0.6) is 0 Å². The molecule has 4 heteroatoms. The average Bonchev–Trinajstić information content (AvgIpc) is 3.03. The van der Waals surface area contributed by atoms with Crippen molar-refractivity contribution in [3.63, 3.8) is 0 Å². The summed E-state index contributed by atoms with van der Waals surface area (Å²) in [6, 6.07) is 2.73. The summed E-state index contributed by atoms with van der Waals surface area (Å²) < 4.78 is 1.88. The SMILES string of the molecule is CCNC(CCc1cnn(C)c1)c1sccc1CC. The lowest BCUT2D eigenvalue weighted by Gasteiger charge is -2.18.